The molecule has 1 unspecified atom stereocenters. The fraction of sp³-hybridized carbons (Fsp3) is 0.231. The van der Waals surface area contributed by atoms with Gasteiger partial charge in [0, 0.05) is 4.88 Å². The van der Waals surface area contributed by atoms with Crippen molar-refractivity contribution in [3.8, 4) is 10.4 Å². The van der Waals surface area contributed by atoms with Gasteiger partial charge in [-0.15, -0.1) is 11.3 Å². The summed E-state index contributed by atoms with van der Waals surface area (Å²) >= 11 is 1.33. The first-order valence-electron chi connectivity index (χ1n) is 11.2. The Morgan fingerprint density at radius 2 is 1.94 bits per heavy atom. The van der Waals surface area contributed by atoms with E-state index in [0.29, 0.717) is 28.1 Å². The van der Waals surface area contributed by atoms with Gasteiger partial charge in [0.25, 0.3) is 5.91 Å². The molecule has 0 spiro atoms. The number of carbonyl (C=O) groups excluding carboxylic acids is 3. The van der Waals surface area contributed by atoms with Crippen molar-refractivity contribution in [1.82, 2.24) is 4.98 Å². The number of hydrogen-bond acceptors (Lipinski definition) is 8. The molecule has 1 aliphatic rings. The van der Waals surface area contributed by atoms with Crippen LogP contribution in [-0.2, 0) is 27.1 Å². The van der Waals surface area contributed by atoms with E-state index in [1.165, 1.54) is 30.4 Å². The number of nitrogens with one attached hydrogen (secondary N) is 1. The average Bonchev–Trinajstić information content (AvgIpc) is 3.51. The van der Waals surface area contributed by atoms with Crippen LogP contribution < -0.4 is 5.32 Å². The Hall–Kier alpha value is -3.98. The lowest BCUT2D eigenvalue weighted by Crippen LogP contribution is -2.32. The van der Waals surface area contributed by atoms with E-state index in [-0.39, 0.29) is 12.0 Å². The zero-order chi connectivity index (χ0) is 24.5. The van der Waals surface area contributed by atoms with Crippen molar-refractivity contribution < 1.29 is 28.3 Å². The van der Waals surface area contributed by atoms with Crippen LogP contribution in [0.25, 0.3) is 21.5 Å². The Morgan fingerprint density at radius 3 is 2.74 bits per heavy atom. The first kappa shape index (κ1) is 22.8. The Kier molecular flexibility index (Phi) is 6.08. The number of rotatable bonds is 6. The fourth-order valence-corrected chi connectivity index (χ4v) is 5.61. The minimum atomic E-state index is -1.07. The predicted molar refractivity (Wildman–Crippen MR) is 131 cm³/mol. The molecular weight excluding hydrogens is 468 g/mol. The number of nitrogens with zero attached hydrogens (tertiary/aromatic N) is 1. The van der Waals surface area contributed by atoms with E-state index >= 15 is 0 Å². The summed E-state index contributed by atoms with van der Waals surface area (Å²) in [4.78, 5) is 43.7. The Labute approximate surface area is 204 Å². The number of para-hydroxylation sites is 1. The molecule has 5 rings (SSSR count). The van der Waals surface area contributed by atoms with Crippen molar-refractivity contribution in [2.24, 2.45) is 0 Å². The van der Waals surface area contributed by atoms with Crippen molar-refractivity contribution in [1.29, 1.82) is 0 Å². The third kappa shape index (κ3) is 4.08. The highest BCUT2D eigenvalue weighted by atomic mass is 32.1. The second-order valence-electron chi connectivity index (χ2n) is 8.06. The van der Waals surface area contributed by atoms with Gasteiger partial charge in [-0.1, -0.05) is 37.3 Å². The van der Waals surface area contributed by atoms with Gasteiger partial charge in [-0.05, 0) is 48.1 Å². The maximum Gasteiger partial charge on any atom is 0.341 e. The molecule has 1 N–H and O–H groups in total. The van der Waals surface area contributed by atoms with Gasteiger partial charge in [0.2, 0.25) is 0 Å². The number of oxazole rings is 1. The number of anilines is 1. The van der Waals surface area contributed by atoms with Gasteiger partial charge in [-0.25, -0.2) is 14.6 Å². The standard InChI is InChI=1S/C26H22N2O6S/c1-3-18(34-25(30)17-9-6-10-19-21(17)27-13-33-19)23(29)28-24-20(26(31)32-2)16-12-11-14-7-4-5-8-15(14)22(16)35-24/h4-10,13,18H,3,11-12H2,1-2H3,(H,28,29). The van der Waals surface area contributed by atoms with E-state index in [1.807, 2.05) is 18.2 Å². The molecule has 1 aliphatic carbocycles. The van der Waals surface area contributed by atoms with Crippen molar-refractivity contribution >= 4 is 45.3 Å². The monoisotopic (exact) mass is 490 g/mol. The molecule has 2 aromatic heterocycles. The lowest BCUT2D eigenvalue weighted by Gasteiger charge is -2.17. The molecule has 0 saturated carbocycles. The number of benzene rings is 2. The van der Waals surface area contributed by atoms with Crippen molar-refractivity contribution in [3.05, 3.63) is 71.1 Å². The molecule has 1 amide bonds. The molecule has 2 aromatic carbocycles. The molecule has 9 heteroatoms. The van der Waals surface area contributed by atoms with E-state index in [9.17, 15) is 14.4 Å². The largest absolute Gasteiger partial charge is 0.465 e. The van der Waals surface area contributed by atoms with Crippen LogP contribution in [0.1, 0.15) is 45.2 Å². The van der Waals surface area contributed by atoms with Crippen LogP contribution in [0.4, 0.5) is 5.00 Å². The maximum absolute atomic E-state index is 13.2. The van der Waals surface area contributed by atoms with Crippen molar-refractivity contribution in [3.63, 3.8) is 0 Å². The topological polar surface area (TPSA) is 108 Å². The maximum atomic E-state index is 13.2. The highest BCUT2D eigenvalue weighted by Crippen LogP contribution is 2.45. The summed E-state index contributed by atoms with van der Waals surface area (Å²) in [7, 11) is 1.32. The van der Waals surface area contributed by atoms with Crippen LogP contribution in [0, 0.1) is 0 Å². The Morgan fingerprint density at radius 1 is 1.11 bits per heavy atom. The SMILES string of the molecule is CCC(OC(=O)c1cccc2ocnc12)C(=O)Nc1sc2c(c1C(=O)OC)CCc1ccccc1-2. The first-order valence-corrected chi connectivity index (χ1v) is 12.0. The highest BCUT2D eigenvalue weighted by molar-refractivity contribution is 7.20. The van der Waals surface area contributed by atoms with Crippen LogP contribution in [0.5, 0.6) is 0 Å². The Bertz CT molecular complexity index is 1450. The van der Waals surface area contributed by atoms with Gasteiger partial charge in [0.05, 0.1) is 18.2 Å². The normalized spacial score (nSPS) is 13.0. The number of fused-ring (bicyclic) bond motifs is 4. The van der Waals surface area contributed by atoms with Crippen molar-refractivity contribution in [2.45, 2.75) is 32.3 Å². The molecule has 4 aromatic rings. The lowest BCUT2D eigenvalue weighted by molar-refractivity contribution is -0.124. The molecule has 0 aliphatic heterocycles. The highest BCUT2D eigenvalue weighted by Gasteiger charge is 2.31. The summed E-state index contributed by atoms with van der Waals surface area (Å²) in [5.74, 6) is -1.72. The molecule has 0 radical (unpaired) electrons. The quantitative estimate of drug-likeness (QED) is 0.378. The van der Waals surface area contributed by atoms with Gasteiger partial charge in [0.15, 0.2) is 18.1 Å². The summed E-state index contributed by atoms with van der Waals surface area (Å²) in [5, 5.41) is 3.21. The van der Waals surface area contributed by atoms with E-state index in [0.717, 1.165) is 22.4 Å². The minimum absolute atomic E-state index is 0.209. The molecule has 0 saturated heterocycles. The van der Waals surface area contributed by atoms with Crippen LogP contribution in [0.3, 0.4) is 0 Å². The third-order valence-corrected chi connectivity index (χ3v) is 7.21. The number of amides is 1. The molecule has 8 nitrogen and oxygen atoms in total. The minimum Gasteiger partial charge on any atom is -0.465 e. The fourth-order valence-electron chi connectivity index (χ4n) is 4.31. The van der Waals surface area contributed by atoms with E-state index in [4.69, 9.17) is 13.9 Å². The van der Waals surface area contributed by atoms with Crippen LogP contribution in [0.2, 0.25) is 0 Å². The summed E-state index contributed by atoms with van der Waals surface area (Å²) in [6.45, 7) is 1.74. The molecular formula is C26H22N2O6S. The summed E-state index contributed by atoms with van der Waals surface area (Å²) in [6, 6.07) is 12.9. The predicted octanol–water partition coefficient (Wildman–Crippen LogP) is 5.02. The van der Waals surface area contributed by atoms with Crippen LogP contribution in [-0.4, -0.2) is 36.0 Å². The molecule has 35 heavy (non-hydrogen) atoms. The molecule has 1 atom stereocenters. The zero-order valence-electron chi connectivity index (χ0n) is 19.1. The number of esters is 2. The number of carbonyl (C=O) groups is 3. The lowest BCUT2D eigenvalue weighted by atomic mass is 9.89. The number of aromatic nitrogens is 1. The van der Waals surface area contributed by atoms with E-state index in [1.54, 1.807) is 25.1 Å². The smallest absolute Gasteiger partial charge is 0.341 e. The first-order chi connectivity index (χ1) is 17.0. The molecule has 0 fully saturated rings. The molecule has 2 heterocycles. The van der Waals surface area contributed by atoms with Gasteiger partial charge in [-0.3, -0.25) is 4.79 Å². The second-order valence-corrected chi connectivity index (χ2v) is 9.08. The number of methoxy groups -OCH3 is 1. The number of ether oxygens (including phenoxy) is 2. The van der Waals surface area contributed by atoms with Gasteiger partial charge < -0.3 is 19.2 Å². The summed E-state index contributed by atoms with van der Waals surface area (Å²) < 4.78 is 15.8. The Balaban J connectivity index is 1.43. The average molecular weight is 491 g/mol. The number of aryl methyl sites for hydroxylation is 1. The van der Waals surface area contributed by atoms with Crippen molar-refractivity contribution in [2.75, 3.05) is 12.4 Å². The van der Waals surface area contributed by atoms with Crippen LogP contribution in [0.15, 0.2) is 53.3 Å². The summed E-state index contributed by atoms with van der Waals surface area (Å²) in [6.07, 6.45) is 1.88. The summed E-state index contributed by atoms with van der Waals surface area (Å²) in [5.41, 5.74) is 4.47. The zero-order valence-corrected chi connectivity index (χ0v) is 19.9. The second kappa shape index (κ2) is 9.34. The third-order valence-electron chi connectivity index (χ3n) is 6.03. The van der Waals surface area contributed by atoms with Gasteiger partial charge >= 0.3 is 11.9 Å². The number of thiophene rings is 1. The van der Waals surface area contributed by atoms with E-state index < -0.39 is 23.9 Å². The van der Waals surface area contributed by atoms with E-state index in [2.05, 4.69) is 16.4 Å². The van der Waals surface area contributed by atoms with Crippen LogP contribution >= 0.6 is 11.3 Å². The molecule has 178 valence electrons. The number of hydrogen-bond donors (Lipinski definition) is 1. The van der Waals surface area contributed by atoms with Gasteiger partial charge in [0.1, 0.15) is 10.5 Å². The van der Waals surface area contributed by atoms with Gasteiger partial charge in [-0.2, -0.15) is 0 Å². The molecule has 0 bridgehead atoms.